The van der Waals surface area contributed by atoms with Gasteiger partial charge in [0.05, 0.1) is 19.8 Å². The third-order valence-corrected chi connectivity index (χ3v) is 2.39. The van der Waals surface area contributed by atoms with E-state index in [-0.39, 0.29) is 11.9 Å². The maximum absolute atomic E-state index is 7.42. The van der Waals surface area contributed by atoms with Crippen molar-refractivity contribution < 1.29 is 9.47 Å². The molecule has 0 spiro atoms. The zero-order valence-corrected chi connectivity index (χ0v) is 8.40. The molecule has 1 aromatic rings. The first-order valence-electron chi connectivity index (χ1n) is 4.89. The first-order chi connectivity index (χ1) is 7.27. The minimum absolute atomic E-state index is 0.0825. The Labute approximate surface area is 88.5 Å². The van der Waals surface area contributed by atoms with Crippen molar-refractivity contribution in [2.45, 2.75) is 12.7 Å². The standard InChI is InChI=1S/C11H14N2O2/c12-11(13)10-4-2-1-3-8(10)5-15-9-6-14-7-9/h1-4,9H,5-7H2,(H3,12,13). The Morgan fingerprint density at radius 1 is 1.47 bits per heavy atom. The number of hydrogen-bond donors (Lipinski definition) is 2. The molecule has 80 valence electrons. The predicted molar refractivity (Wildman–Crippen MR) is 56.9 cm³/mol. The van der Waals surface area contributed by atoms with E-state index in [4.69, 9.17) is 20.6 Å². The van der Waals surface area contributed by atoms with E-state index in [1.807, 2.05) is 24.3 Å². The molecule has 1 saturated heterocycles. The van der Waals surface area contributed by atoms with Crippen molar-refractivity contribution in [2.24, 2.45) is 5.73 Å². The SMILES string of the molecule is N=C(N)c1ccccc1COC1COC1. The second-order valence-electron chi connectivity index (χ2n) is 3.54. The summed E-state index contributed by atoms with van der Waals surface area (Å²) < 4.78 is 10.6. The van der Waals surface area contributed by atoms with Crippen LogP contribution in [0.3, 0.4) is 0 Å². The number of nitrogens with one attached hydrogen (secondary N) is 1. The molecular formula is C11H14N2O2. The zero-order valence-electron chi connectivity index (χ0n) is 8.40. The van der Waals surface area contributed by atoms with Crippen LogP contribution in [0.5, 0.6) is 0 Å². The van der Waals surface area contributed by atoms with E-state index in [9.17, 15) is 0 Å². The Morgan fingerprint density at radius 3 is 2.80 bits per heavy atom. The second-order valence-corrected chi connectivity index (χ2v) is 3.54. The lowest BCUT2D eigenvalue weighted by Crippen LogP contribution is -2.36. The lowest BCUT2D eigenvalue weighted by atomic mass is 10.1. The number of benzene rings is 1. The highest BCUT2D eigenvalue weighted by Gasteiger charge is 2.19. The van der Waals surface area contributed by atoms with Gasteiger partial charge >= 0.3 is 0 Å². The highest BCUT2D eigenvalue weighted by atomic mass is 16.6. The summed E-state index contributed by atoms with van der Waals surface area (Å²) in [5, 5.41) is 7.42. The minimum atomic E-state index is 0.0825. The van der Waals surface area contributed by atoms with Gasteiger partial charge in [-0.3, -0.25) is 5.41 Å². The van der Waals surface area contributed by atoms with Gasteiger partial charge in [-0.25, -0.2) is 0 Å². The summed E-state index contributed by atoms with van der Waals surface area (Å²) in [7, 11) is 0. The normalized spacial score (nSPS) is 16.0. The van der Waals surface area contributed by atoms with Crippen LogP contribution in [-0.4, -0.2) is 25.2 Å². The van der Waals surface area contributed by atoms with Crippen molar-refractivity contribution in [1.29, 1.82) is 5.41 Å². The number of nitrogens with two attached hydrogens (primary N) is 1. The highest BCUT2D eigenvalue weighted by molar-refractivity contribution is 5.96. The topological polar surface area (TPSA) is 68.3 Å². The van der Waals surface area contributed by atoms with Crippen molar-refractivity contribution >= 4 is 5.84 Å². The van der Waals surface area contributed by atoms with E-state index >= 15 is 0 Å². The molecule has 1 fully saturated rings. The van der Waals surface area contributed by atoms with Gasteiger partial charge in [0.25, 0.3) is 0 Å². The van der Waals surface area contributed by atoms with Crippen molar-refractivity contribution in [3.8, 4) is 0 Å². The molecule has 1 aliphatic rings. The van der Waals surface area contributed by atoms with Crippen LogP contribution in [0.2, 0.25) is 0 Å². The minimum Gasteiger partial charge on any atom is -0.384 e. The van der Waals surface area contributed by atoms with Crippen molar-refractivity contribution in [1.82, 2.24) is 0 Å². The van der Waals surface area contributed by atoms with Crippen LogP contribution in [0.1, 0.15) is 11.1 Å². The molecular weight excluding hydrogens is 192 g/mol. The third kappa shape index (κ3) is 2.34. The van der Waals surface area contributed by atoms with E-state index < -0.39 is 0 Å². The van der Waals surface area contributed by atoms with Gasteiger partial charge in [-0.05, 0) is 5.56 Å². The fraction of sp³-hybridized carbons (Fsp3) is 0.364. The van der Waals surface area contributed by atoms with Crippen molar-refractivity contribution in [2.75, 3.05) is 13.2 Å². The smallest absolute Gasteiger partial charge is 0.123 e. The van der Waals surface area contributed by atoms with Crippen molar-refractivity contribution in [3.63, 3.8) is 0 Å². The Hall–Kier alpha value is -1.39. The summed E-state index contributed by atoms with van der Waals surface area (Å²) in [5.41, 5.74) is 7.17. The monoisotopic (exact) mass is 206 g/mol. The third-order valence-electron chi connectivity index (χ3n) is 2.39. The van der Waals surface area contributed by atoms with E-state index in [2.05, 4.69) is 0 Å². The summed E-state index contributed by atoms with van der Waals surface area (Å²) >= 11 is 0. The first kappa shape index (κ1) is 10.1. The van der Waals surface area contributed by atoms with E-state index in [0.29, 0.717) is 19.8 Å². The molecule has 2 rings (SSSR count). The number of amidine groups is 1. The molecule has 1 aromatic carbocycles. The Morgan fingerprint density at radius 2 is 2.20 bits per heavy atom. The Bertz CT molecular complexity index is 361. The van der Waals surface area contributed by atoms with Gasteiger partial charge < -0.3 is 15.2 Å². The fourth-order valence-electron chi connectivity index (χ4n) is 1.43. The molecule has 1 heterocycles. The van der Waals surface area contributed by atoms with E-state index in [0.717, 1.165) is 11.1 Å². The van der Waals surface area contributed by atoms with Crippen LogP contribution < -0.4 is 5.73 Å². The van der Waals surface area contributed by atoms with Gasteiger partial charge in [0.1, 0.15) is 11.9 Å². The number of hydrogen-bond acceptors (Lipinski definition) is 3. The molecule has 4 nitrogen and oxygen atoms in total. The molecule has 0 aromatic heterocycles. The van der Waals surface area contributed by atoms with Gasteiger partial charge in [0, 0.05) is 5.56 Å². The molecule has 4 heteroatoms. The number of ether oxygens (including phenoxy) is 2. The van der Waals surface area contributed by atoms with Crippen LogP contribution in [0.25, 0.3) is 0 Å². The molecule has 0 bridgehead atoms. The number of nitrogen functional groups attached to an aromatic ring is 1. The zero-order chi connectivity index (χ0) is 10.7. The maximum atomic E-state index is 7.42. The van der Waals surface area contributed by atoms with Crippen LogP contribution in [-0.2, 0) is 16.1 Å². The average Bonchev–Trinajstić information content (AvgIpc) is 2.16. The van der Waals surface area contributed by atoms with Gasteiger partial charge in [0.15, 0.2) is 0 Å². The van der Waals surface area contributed by atoms with E-state index in [1.54, 1.807) is 0 Å². The van der Waals surface area contributed by atoms with Gasteiger partial charge in [-0.2, -0.15) is 0 Å². The largest absolute Gasteiger partial charge is 0.384 e. The van der Waals surface area contributed by atoms with Crippen LogP contribution in [0, 0.1) is 5.41 Å². The predicted octanol–water partition coefficient (Wildman–Crippen LogP) is 0.886. The molecule has 0 aliphatic carbocycles. The average molecular weight is 206 g/mol. The molecule has 0 amide bonds. The van der Waals surface area contributed by atoms with Gasteiger partial charge in [0.2, 0.25) is 0 Å². The Balaban J connectivity index is 2.02. The summed E-state index contributed by atoms with van der Waals surface area (Å²) in [4.78, 5) is 0. The maximum Gasteiger partial charge on any atom is 0.123 e. The van der Waals surface area contributed by atoms with Gasteiger partial charge in [-0.1, -0.05) is 24.3 Å². The summed E-state index contributed by atoms with van der Waals surface area (Å²) in [6.07, 6.45) is 0.199. The quantitative estimate of drug-likeness (QED) is 0.567. The molecule has 3 N–H and O–H groups in total. The highest BCUT2D eigenvalue weighted by Crippen LogP contribution is 2.13. The lowest BCUT2D eigenvalue weighted by molar-refractivity contribution is -0.135. The number of rotatable bonds is 4. The molecule has 15 heavy (non-hydrogen) atoms. The lowest BCUT2D eigenvalue weighted by Gasteiger charge is -2.26. The molecule has 0 radical (unpaired) electrons. The summed E-state index contributed by atoms with van der Waals surface area (Å²) in [5.74, 6) is 0.0825. The molecule has 1 aliphatic heterocycles. The van der Waals surface area contributed by atoms with Crippen LogP contribution in [0.4, 0.5) is 0 Å². The van der Waals surface area contributed by atoms with E-state index in [1.165, 1.54) is 0 Å². The molecule has 0 saturated carbocycles. The van der Waals surface area contributed by atoms with Crippen LogP contribution in [0.15, 0.2) is 24.3 Å². The first-order valence-corrected chi connectivity index (χ1v) is 4.89. The van der Waals surface area contributed by atoms with Gasteiger partial charge in [-0.15, -0.1) is 0 Å². The Kier molecular flexibility index (Phi) is 2.99. The molecule has 0 unspecified atom stereocenters. The summed E-state index contributed by atoms with van der Waals surface area (Å²) in [6, 6.07) is 7.55. The molecule has 0 atom stereocenters. The second kappa shape index (κ2) is 4.42. The fourth-order valence-corrected chi connectivity index (χ4v) is 1.43. The van der Waals surface area contributed by atoms with Crippen LogP contribution >= 0.6 is 0 Å². The summed E-state index contributed by atoms with van der Waals surface area (Å²) in [6.45, 7) is 1.83. The van der Waals surface area contributed by atoms with Crippen molar-refractivity contribution in [3.05, 3.63) is 35.4 Å².